The van der Waals surface area contributed by atoms with Gasteiger partial charge >= 0.3 is 0 Å². The van der Waals surface area contributed by atoms with E-state index in [0.717, 1.165) is 35.0 Å². The average molecular weight is 449 g/mol. The number of halogens is 1. The summed E-state index contributed by atoms with van der Waals surface area (Å²) in [4.78, 5) is 26.0. The third-order valence-electron chi connectivity index (χ3n) is 5.11. The number of benzene rings is 1. The Morgan fingerprint density at radius 2 is 1.81 bits per heavy atom. The van der Waals surface area contributed by atoms with E-state index in [1.807, 2.05) is 24.3 Å². The number of carbonyl (C=O) groups excluding carboxylic acids is 2. The number of anilines is 2. The molecule has 1 atom stereocenters. The molecule has 1 heterocycles. The zero-order valence-electron chi connectivity index (χ0n) is 16.1. The second-order valence-electron chi connectivity index (χ2n) is 8.16. The Kier molecular flexibility index (Phi) is 5.77. The fourth-order valence-electron chi connectivity index (χ4n) is 3.54. The van der Waals surface area contributed by atoms with Gasteiger partial charge in [-0.3, -0.25) is 9.59 Å². The van der Waals surface area contributed by atoms with Crippen molar-refractivity contribution in [2.45, 2.75) is 47.0 Å². The van der Waals surface area contributed by atoms with Gasteiger partial charge in [0.05, 0.1) is 5.56 Å². The van der Waals surface area contributed by atoms with Crippen LogP contribution in [0, 0.1) is 11.3 Å². The molecule has 0 radical (unpaired) electrons. The molecule has 2 N–H and O–H groups in total. The van der Waals surface area contributed by atoms with E-state index < -0.39 is 0 Å². The van der Waals surface area contributed by atoms with Crippen molar-refractivity contribution in [1.29, 1.82) is 0 Å². The van der Waals surface area contributed by atoms with Crippen molar-refractivity contribution >= 4 is 49.8 Å². The topological polar surface area (TPSA) is 58.2 Å². The van der Waals surface area contributed by atoms with Gasteiger partial charge in [-0.1, -0.05) is 36.7 Å². The van der Waals surface area contributed by atoms with Crippen LogP contribution in [0.3, 0.4) is 0 Å². The minimum atomic E-state index is -0.159. The Morgan fingerprint density at radius 3 is 2.41 bits per heavy atom. The molecule has 4 nitrogen and oxygen atoms in total. The average Bonchev–Trinajstić information content (AvgIpc) is 2.92. The molecule has 1 aliphatic rings. The van der Waals surface area contributed by atoms with E-state index in [-0.39, 0.29) is 17.2 Å². The highest BCUT2D eigenvalue weighted by atomic mass is 79.9. The van der Waals surface area contributed by atoms with Gasteiger partial charge in [-0.2, -0.15) is 0 Å². The zero-order valence-corrected chi connectivity index (χ0v) is 18.5. The summed E-state index contributed by atoms with van der Waals surface area (Å²) in [7, 11) is 0. The maximum atomic E-state index is 13.0. The Bertz CT molecular complexity index is 866. The SMILES string of the molecule is CC(=O)Nc1sc2c(c1C(=O)Nc1ccc(Br)cc1)CCC(C(C)(C)C)C2. The largest absolute Gasteiger partial charge is 0.322 e. The van der Waals surface area contributed by atoms with Gasteiger partial charge in [-0.05, 0) is 60.4 Å². The molecule has 0 spiro atoms. The van der Waals surface area contributed by atoms with Gasteiger partial charge in [0.15, 0.2) is 0 Å². The highest BCUT2D eigenvalue weighted by Crippen LogP contribution is 2.44. The van der Waals surface area contributed by atoms with Gasteiger partial charge in [-0.25, -0.2) is 0 Å². The first-order valence-electron chi connectivity index (χ1n) is 9.14. The molecule has 2 aromatic rings. The molecule has 1 aromatic carbocycles. The lowest BCUT2D eigenvalue weighted by molar-refractivity contribution is -0.114. The molecular formula is C21H25BrN2O2S. The minimum absolute atomic E-state index is 0.154. The van der Waals surface area contributed by atoms with E-state index in [0.29, 0.717) is 16.5 Å². The standard InChI is InChI=1S/C21H25BrN2O2S/c1-12(25)23-20-18(19(26)24-15-8-6-14(22)7-9-15)16-10-5-13(21(2,3)4)11-17(16)27-20/h6-9,13H,5,10-11H2,1-4H3,(H,23,25)(H,24,26). The molecule has 0 fully saturated rings. The smallest absolute Gasteiger partial charge is 0.258 e. The van der Waals surface area contributed by atoms with Crippen molar-refractivity contribution in [3.63, 3.8) is 0 Å². The number of amides is 2. The fraction of sp³-hybridized carbons (Fsp3) is 0.429. The number of rotatable bonds is 3. The maximum absolute atomic E-state index is 13.0. The van der Waals surface area contributed by atoms with Crippen molar-refractivity contribution in [3.05, 3.63) is 44.7 Å². The van der Waals surface area contributed by atoms with Crippen LogP contribution in [0.15, 0.2) is 28.7 Å². The number of fused-ring (bicyclic) bond motifs is 1. The second-order valence-corrected chi connectivity index (χ2v) is 10.2. The zero-order chi connectivity index (χ0) is 19.8. The summed E-state index contributed by atoms with van der Waals surface area (Å²) >= 11 is 4.95. The van der Waals surface area contributed by atoms with Gasteiger partial charge in [0.25, 0.3) is 5.91 Å². The van der Waals surface area contributed by atoms with Crippen LogP contribution in [0.2, 0.25) is 0 Å². The third-order valence-corrected chi connectivity index (χ3v) is 6.81. The van der Waals surface area contributed by atoms with Crippen molar-refractivity contribution in [2.24, 2.45) is 11.3 Å². The van der Waals surface area contributed by atoms with E-state index in [4.69, 9.17) is 0 Å². The molecule has 3 rings (SSSR count). The van der Waals surface area contributed by atoms with Crippen LogP contribution in [-0.2, 0) is 17.6 Å². The molecule has 1 aromatic heterocycles. The second kappa shape index (κ2) is 7.76. The Hall–Kier alpha value is -1.66. The molecule has 2 amide bonds. The van der Waals surface area contributed by atoms with E-state index in [9.17, 15) is 9.59 Å². The molecule has 27 heavy (non-hydrogen) atoms. The number of thiophene rings is 1. The predicted octanol–water partition coefficient (Wildman–Crippen LogP) is 5.87. The van der Waals surface area contributed by atoms with Gasteiger partial charge in [0.1, 0.15) is 5.00 Å². The molecule has 144 valence electrons. The molecule has 0 aliphatic heterocycles. The first-order valence-corrected chi connectivity index (χ1v) is 10.7. The lowest BCUT2D eigenvalue weighted by Gasteiger charge is -2.33. The van der Waals surface area contributed by atoms with Gasteiger partial charge in [-0.15, -0.1) is 11.3 Å². The van der Waals surface area contributed by atoms with Crippen LogP contribution < -0.4 is 10.6 Å². The Balaban J connectivity index is 1.93. The van der Waals surface area contributed by atoms with Crippen LogP contribution in [0.25, 0.3) is 0 Å². The normalized spacial score (nSPS) is 16.6. The van der Waals surface area contributed by atoms with Crippen LogP contribution in [-0.4, -0.2) is 11.8 Å². The minimum Gasteiger partial charge on any atom is -0.322 e. The van der Waals surface area contributed by atoms with Gasteiger partial charge in [0.2, 0.25) is 5.91 Å². The van der Waals surface area contributed by atoms with Crippen molar-refractivity contribution in [1.82, 2.24) is 0 Å². The van der Waals surface area contributed by atoms with Crippen molar-refractivity contribution < 1.29 is 9.59 Å². The van der Waals surface area contributed by atoms with E-state index in [2.05, 4.69) is 47.3 Å². The molecular weight excluding hydrogens is 424 g/mol. The summed E-state index contributed by atoms with van der Waals surface area (Å²) < 4.78 is 0.959. The number of nitrogens with one attached hydrogen (secondary N) is 2. The van der Waals surface area contributed by atoms with Crippen molar-refractivity contribution in [2.75, 3.05) is 10.6 Å². The highest BCUT2D eigenvalue weighted by molar-refractivity contribution is 9.10. The lowest BCUT2D eigenvalue weighted by atomic mass is 9.72. The van der Waals surface area contributed by atoms with Crippen LogP contribution >= 0.6 is 27.3 Å². The number of carbonyl (C=O) groups is 2. The van der Waals surface area contributed by atoms with Gasteiger partial charge in [0, 0.05) is 22.0 Å². The molecule has 0 saturated carbocycles. The predicted molar refractivity (Wildman–Crippen MR) is 116 cm³/mol. The molecule has 1 aliphatic carbocycles. The molecule has 0 saturated heterocycles. The molecule has 6 heteroatoms. The van der Waals surface area contributed by atoms with Crippen LogP contribution in [0.4, 0.5) is 10.7 Å². The number of hydrogen-bond acceptors (Lipinski definition) is 3. The van der Waals surface area contributed by atoms with E-state index >= 15 is 0 Å². The summed E-state index contributed by atoms with van der Waals surface area (Å²) in [6, 6.07) is 7.49. The van der Waals surface area contributed by atoms with E-state index in [1.165, 1.54) is 11.8 Å². The quantitative estimate of drug-likeness (QED) is 0.616. The van der Waals surface area contributed by atoms with Crippen LogP contribution in [0.5, 0.6) is 0 Å². The molecule has 1 unspecified atom stereocenters. The summed E-state index contributed by atoms with van der Waals surface area (Å²) in [5.41, 5.74) is 2.69. The first-order chi connectivity index (χ1) is 12.6. The highest BCUT2D eigenvalue weighted by Gasteiger charge is 2.33. The van der Waals surface area contributed by atoms with E-state index in [1.54, 1.807) is 11.3 Å². The maximum Gasteiger partial charge on any atom is 0.258 e. The van der Waals surface area contributed by atoms with Crippen LogP contribution in [0.1, 0.15) is 54.9 Å². The summed E-state index contributed by atoms with van der Waals surface area (Å²) in [6.45, 7) is 8.29. The van der Waals surface area contributed by atoms with Crippen molar-refractivity contribution in [3.8, 4) is 0 Å². The summed E-state index contributed by atoms with van der Waals surface area (Å²) in [5.74, 6) is 0.266. The third kappa shape index (κ3) is 4.61. The Labute approximate surface area is 172 Å². The molecule has 0 bridgehead atoms. The van der Waals surface area contributed by atoms with Gasteiger partial charge < -0.3 is 10.6 Å². The lowest BCUT2D eigenvalue weighted by Crippen LogP contribution is -2.27. The summed E-state index contributed by atoms with van der Waals surface area (Å²) in [5, 5.41) is 6.51. The fourth-order valence-corrected chi connectivity index (χ4v) is 5.18. The Morgan fingerprint density at radius 1 is 1.15 bits per heavy atom. The monoisotopic (exact) mass is 448 g/mol. The number of hydrogen-bond donors (Lipinski definition) is 2. The summed E-state index contributed by atoms with van der Waals surface area (Å²) in [6.07, 6.45) is 2.89. The first kappa shape index (κ1) is 20.1.